The number of carbonyl (C=O) groups excluding carboxylic acids is 1. The maximum absolute atomic E-state index is 14.4. The van der Waals surface area contributed by atoms with Gasteiger partial charge < -0.3 is 68.5 Å². The molecule has 19 atom stereocenters. The van der Waals surface area contributed by atoms with E-state index in [4.69, 9.17) is 33.2 Å². The molecule has 0 amide bonds. The molecule has 0 bridgehead atoms. The number of alkyl halides is 3. The van der Waals surface area contributed by atoms with Crippen molar-refractivity contribution in [2.45, 2.75) is 215 Å². The van der Waals surface area contributed by atoms with Crippen molar-refractivity contribution in [3.05, 3.63) is 36.2 Å². The van der Waals surface area contributed by atoms with Gasteiger partial charge in [-0.05, 0) is 112 Å². The number of methoxy groups -OCH3 is 1. The largest absolute Gasteiger partial charge is 0.494 e. The lowest BCUT2D eigenvalue weighted by atomic mass is 9.77. The van der Waals surface area contributed by atoms with Crippen LogP contribution in [0.5, 0.6) is 5.75 Å². The Morgan fingerprint density at radius 2 is 1.65 bits per heavy atom. The van der Waals surface area contributed by atoms with Gasteiger partial charge in [-0.2, -0.15) is 13.2 Å². The van der Waals surface area contributed by atoms with E-state index in [-0.39, 0.29) is 43.3 Å². The minimum absolute atomic E-state index is 0.0433. The van der Waals surface area contributed by atoms with E-state index < -0.39 is 124 Å². The third-order valence-corrected chi connectivity index (χ3v) is 16.9. The quantitative estimate of drug-likeness (QED) is 0.110. The summed E-state index contributed by atoms with van der Waals surface area (Å²) in [5.74, 6) is -2.42. The average Bonchev–Trinajstić information content (AvgIpc) is 3.81. The molecule has 1 aromatic heterocycles. The number of nitrogens with zero attached hydrogens (tertiary/aromatic N) is 5. The zero-order chi connectivity index (χ0) is 56.0. The third kappa shape index (κ3) is 15.9. The van der Waals surface area contributed by atoms with Crippen molar-refractivity contribution in [1.29, 1.82) is 0 Å². The van der Waals surface area contributed by atoms with Gasteiger partial charge in [-0.25, -0.2) is 4.21 Å². The first kappa shape index (κ1) is 62.9. The number of ether oxygens (including phenoxy) is 7. The van der Waals surface area contributed by atoms with Gasteiger partial charge in [-0.3, -0.25) is 9.48 Å². The molecule has 1 aromatic carbocycles. The van der Waals surface area contributed by atoms with Gasteiger partial charge in [0.25, 0.3) is 0 Å². The Balaban J connectivity index is 1.34. The van der Waals surface area contributed by atoms with Gasteiger partial charge in [-0.15, -0.1) is 5.10 Å². The Kier molecular flexibility index (Phi) is 22.1. The van der Waals surface area contributed by atoms with Crippen molar-refractivity contribution in [2.24, 2.45) is 17.8 Å². The number of hydrogen-bond acceptors (Lipinski definition) is 18. The normalized spacial score (nSPS) is 38.6. The molecule has 5 N–H and O–H groups in total. The summed E-state index contributed by atoms with van der Waals surface area (Å²) >= 11 is 0. The molecule has 0 spiro atoms. The summed E-state index contributed by atoms with van der Waals surface area (Å²) in [4.78, 5) is 18.0. The summed E-state index contributed by atoms with van der Waals surface area (Å²) in [7, 11) is 2.11. The molecular weight excluding hydrogens is 1010 g/mol. The molecular formula is C52H86F3N5O14S. The minimum atomic E-state index is -4.85. The lowest BCUT2D eigenvalue weighted by Gasteiger charge is -2.48. The van der Waals surface area contributed by atoms with Crippen molar-refractivity contribution < 1.29 is 80.9 Å². The second-order valence-electron chi connectivity index (χ2n) is 22.2. The molecule has 19 nitrogen and oxygen atoms in total. The Bertz CT molecular complexity index is 2130. The zero-order valence-corrected chi connectivity index (χ0v) is 46.8. The van der Waals surface area contributed by atoms with Gasteiger partial charge >= 0.3 is 11.5 Å². The zero-order valence-electron chi connectivity index (χ0n) is 46.0. The van der Waals surface area contributed by atoms with Gasteiger partial charge in [0, 0.05) is 75.1 Å². The number of aliphatic hydroxyl groups is 5. The van der Waals surface area contributed by atoms with Crippen LogP contribution in [0, 0.1) is 17.8 Å². The Hall–Kier alpha value is -2.91. The Labute approximate surface area is 443 Å². The highest BCUT2D eigenvalue weighted by Gasteiger charge is 2.52. The maximum Gasteiger partial charge on any atom is 0.475 e. The molecule has 3 saturated heterocycles. The highest BCUT2D eigenvalue weighted by atomic mass is 32.2. The van der Waals surface area contributed by atoms with E-state index in [1.54, 1.807) is 46.2 Å². The van der Waals surface area contributed by atoms with Gasteiger partial charge in [0.1, 0.15) is 35.8 Å². The number of hydrogen-bond donors (Lipinski definition) is 5. The van der Waals surface area contributed by atoms with Gasteiger partial charge in [-0.1, -0.05) is 26.0 Å². The molecule has 1 unspecified atom stereocenters. The van der Waals surface area contributed by atoms with Crippen molar-refractivity contribution in [1.82, 2.24) is 24.8 Å². The van der Waals surface area contributed by atoms with E-state index in [1.165, 1.54) is 26.2 Å². The number of halogens is 3. The molecule has 430 valence electrons. The SMILES string of the molecule is CC[C@H]1OC(=O)[C@H](C)[C@@H](OC[C@H]2C[C@@](C)(OC)[C@@H](O)[C@H](C)O2)[C@H](C)[C@@H](O[C@@H]2O[C@H](C)C[C@H](N(C)CCc3cn(CCCOc4ccc(S(=O)C(F)(F)F)cc4)nn3)[C@H]2O)[C@](C)(O)C[C@@H](C)CN(C)[C@H](C)[C@@H](O)[C@]1(C)O. The first-order valence-electron chi connectivity index (χ1n) is 26.3. The number of carbonyl (C=O) groups is 1. The van der Waals surface area contributed by atoms with Crippen LogP contribution in [0.4, 0.5) is 13.2 Å². The fourth-order valence-corrected chi connectivity index (χ4v) is 11.8. The van der Waals surface area contributed by atoms with E-state index in [2.05, 4.69) is 10.3 Å². The highest BCUT2D eigenvalue weighted by molar-refractivity contribution is 7.86. The van der Waals surface area contributed by atoms with E-state index in [1.807, 2.05) is 50.9 Å². The number of benzene rings is 1. The second kappa shape index (κ2) is 26.4. The summed E-state index contributed by atoms with van der Waals surface area (Å²) in [5.41, 5.74) is -8.59. The standard InChI is InChI=1S/C52H86F3N5O14S/c1-14-41-51(10,66)44(62)34(6)59(12)27-30(2)25-49(8,65)46(32(4)43(33(5)47(64)73-41)70-29-38-26-50(9,68-13)45(63)35(7)72-38)74-48-42(61)40(24-31(3)71-48)58(11)22-20-36-28-60(57-56-36)21-15-23-69-37-16-18-39(19-17-37)75(67)52(53,54)55/h16-19,28,30-35,38,40-46,48,61-63,65-66H,14-15,20-27,29H2,1-13H3/t30-,31-,32+,33-,34-,35+,38-,40+,41-,42-,43+,44-,45+,46-,48+,49-,50-,51-,75?/m1/s1. The monoisotopic (exact) mass is 1090 g/mol. The number of esters is 1. The molecule has 5 rings (SSSR count). The third-order valence-electron chi connectivity index (χ3n) is 15.7. The average molecular weight is 1090 g/mol. The molecule has 3 aliphatic rings. The van der Waals surface area contributed by atoms with E-state index >= 15 is 0 Å². The number of aromatic nitrogens is 3. The predicted octanol–water partition coefficient (Wildman–Crippen LogP) is 4.24. The molecule has 4 heterocycles. The fraction of sp³-hybridized carbons (Fsp3) is 0.827. The smallest absolute Gasteiger partial charge is 0.475 e. The number of cyclic esters (lactones) is 1. The van der Waals surface area contributed by atoms with Crippen LogP contribution in [0.25, 0.3) is 0 Å². The van der Waals surface area contributed by atoms with Gasteiger partial charge in [0.05, 0.1) is 66.5 Å². The van der Waals surface area contributed by atoms with Crippen molar-refractivity contribution in [2.75, 3.05) is 47.5 Å². The maximum atomic E-state index is 14.4. The van der Waals surface area contributed by atoms with Crippen molar-refractivity contribution >= 4 is 16.8 Å². The summed E-state index contributed by atoms with van der Waals surface area (Å²) < 4.78 is 95.5. The van der Waals surface area contributed by atoms with Crippen molar-refractivity contribution in [3.63, 3.8) is 0 Å². The first-order valence-corrected chi connectivity index (χ1v) is 27.4. The summed E-state index contributed by atoms with van der Waals surface area (Å²) in [5, 5.41) is 68.0. The van der Waals surface area contributed by atoms with E-state index in [0.29, 0.717) is 50.3 Å². The Morgan fingerprint density at radius 1 is 0.987 bits per heavy atom. The highest BCUT2D eigenvalue weighted by Crippen LogP contribution is 2.39. The molecule has 3 fully saturated rings. The van der Waals surface area contributed by atoms with E-state index in [0.717, 1.165) is 12.1 Å². The van der Waals surface area contributed by atoms with Crippen LogP contribution in [0.1, 0.15) is 107 Å². The van der Waals surface area contributed by atoms with Crippen molar-refractivity contribution in [3.8, 4) is 5.75 Å². The lowest BCUT2D eigenvalue weighted by Crippen LogP contribution is -2.60. The molecule has 0 radical (unpaired) electrons. The van der Waals surface area contributed by atoms with Gasteiger partial charge in [0.15, 0.2) is 17.1 Å². The number of rotatable bonds is 17. The fourth-order valence-electron chi connectivity index (χ4n) is 11.2. The van der Waals surface area contributed by atoms with Crippen LogP contribution in [0.15, 0.2) is 35.4 Å². The molecule has 2 aromatic rings. The summed E-state index contributed by atoms with van der Waals surface area (Å²) in [6.45, 7) is 19.0. The summed E-state index contributed by atoms with van der Waals surface area (Å²) in [6.07, 6.45) is -5.65. The number of aryl methyl sites for hydroxylation is 1. The summed E-state index contributed by atoms with van der Waals surface area (Å²) in [6, 6.07) is 3.88. The molecule has 23 heteroatoms. The first-order chi connectivity index (χ1) is 34.9. The lowest BCUT2D eigenvalue weighted by molar-refractivity contribution is -0.301. The number of likely N-dealkylation sites (N-methyl/N-ethyl adjacent to an activating group) is 2. The van der Waals surface area contributed by atoms with E-state index in [9.17, 15) is 47.7 Å². The molecule has 75 heavy (non-hydrogen) atoms. The van der Waals surface area contributed by atoms with Crippen LogP contribution in [-0.4, -0.2) is 204 Å². The van der Waals surface area contributed by atoms with Crippen LogP contribution in [0.2, 0.25) is 0 Å². The minimum Gasteiger partial charge on any atom is -0.494 e. The molecule has 0 aliphatic carbocycles. The van der Waals surface area contributed by atoms with Crippen LogP contribution < -0.4 is 4.74 Å². The molecule has 3 aliphatic heterocycles. The number of aliphatic hydroxyl groups excluding tert-OH is 3. The van der Waals surface area contributed by atoms with Crippen LogP contribution >= 0.6 is 0 Å². The molecule has 0 saturated carbocycles. The van der Waals surface area contributed by atoms with Crippen LogP contribution in [0.3, 0.4) is 0 Å². The topological polar surface area (TPSA) is 237 Å². The van der Waals surface area contributed by atoms with Gasteiger partial charge in [0.2, 0.25) is 0 Å². The Morgan fingerprint density at radius 3 is 2.28 bits per heavy atom. The second-order valence-corrected chi connectivity index (χ2v) is 23.7. The van der Waals surface area contributed by atoms with Crippen LogP contribution in [-0.2, 0) is 57.0 Å². The predicted molar refractivity (Wildman–Crippen MR) is 271 cm³/mol.